The number of hydrogen-bond donors (Lipinski definition) is 2. The van der Waals surface area contributed by atoms with E-state index in [1.54, 1.807) is 19.2 Å². The minimum absolute atomic E-state index is 0.0162. The van der Waals surface area contributed by atoms with Crippen LogP contribution in [-0.2, 0) is 6.42 Å². The van der Waals surface area contributed by atoms with Crippen molar-refractivity contribution in [3.8, 4) is 0 Å². The van der Waals surface area contributed by atoms with Crippen LogP contribution < -0.4 is 15.5 Å². The summed E-state index contributed by atoms with van der Waals surface area (Å²) in [4.78, 5) is 6.34. The molecule has 0 aromatic heterocycles. The van der Waals surface area contributed by atoms with Gasteiger partial charge in [0, 0.05) is 48.6 Å². The van der Waals surface area contributed by atoms with Crippen molar-refractivity contribution in [1.82, 2.24) is 4.90 Å². The Morgan fingerprint density at radius 2 is 1.78 bits per heavy atom. The number of rotatable bonds is 7. The van der Waals surface area contributed by atoms with Crippen LogP contribution in [0, 0.1) is 25.5 Å². The average Bonchev–Trinajstić information content (AvgIpc) is 3.20. The van der Waals surface area contributed by atoms with Crippen LogP contribution in [0.15, 0.2) is 66.1 Å². The molecule has 3 N–H and O–H groups in total. The molecule has 5 nitrogen and oxygen atoms in total. The molecule has 0 atom stereocenters. The van der Waals surface area contributed by atoms with Crippen LogP contribution in [0.3, 0.4) is 0 Å². The van der Waals surface area contributed by atoms with E-state index in [0.29, 0.717) is 59.2 Å². The summed E-state index contributed by atoms with van der Waals surface area (Å²) in [6.45, 7) is 22.2. The number of nitrogens with zero attached hydrogens (tertiary/aromatic N) is 3. The van der Waals surface area contributed by atoms with E-state index < -0.39 is 5.82 Å². The predicted molar refractivity (Wildman–Crippen MR) is 167 cm³/mol. The van der Waals surface area contributed by atoms with Gasteiger partial charge >= 0.3 is 0 Å². The maximum atomic E-state index is 16.3. The van der Waals surface area contributed by atoms with Gasteiger partial charge in [-0.15, -0.1) is 0 Å². The molecule has 3 aliphatic rings. The Morgan fingerprint density at radius 1 is 1.10 bits per heavy atom. The number of aryl methyl sites for hydroxylation is 1. The molecule has 0 amide bonds. The standard InChI is InChI=1S/C34H40F2N4O/c1-9-24-12-28(35)29(37)13-30(24)40-17-27(23(7)41)20(4)31-21(5)32(36)34(22(6)33(31)40)39-15-26(16-39)38(8)14-25-11-18(2)10-19(25)3/h12-13,17,26,41H,2,4,7,9-11,14-16,37H2,1,3,5-6,8H3. The zero-order valence-electron chi connectivity index (χ0n) is 24.8. The van der Waals surface area contributed by atoms with Crippen LogP contribution in [0.25, 0.3) is 5.57 Å². The number of halogens is 2. The number of benzene rings is 2. The van der Waals surface area contributed by atoms with Gasteiger partial charge in [-0.3, -0.25) is 4.90 Å². The first-order valence-electron chi connectivity index (χ1n) is 14.1. The summed E-state index contributed by atoms with van der Waals surface area (Å²) < 4.78 is 30.7. The monoisotopic (exact) mass is 558 g/mol. The maximum Gasteiger partial charge on any atom is 0.150 e. The highest BCUT2D eigenvalue weighted by Gasteiger charge is 2.38. The third-order valence-corrected chi connectivity index (χ3v) is 8.96. The van der Waals surface area contributed by atoms with Gasteiger partial charge in [-0.1, -0.05) is 43.4 Å². The van der Waals surface area contributed by atoms with Gasteiger partial charge in [0.25, 0.3) is 0 Å². The lowest BCUT2D eigenvalue weighted by Gasteiger charge is -2.47. The molecule has 0 saturated carbocycles. The lowest BCUT2D eigenvalue weighted by atomic mass is 9.85. The molecule has 2 aliphatic heterocycles. The SMILES string of the molecule is C=C1CC(C)=C(CN(C)C2CN(c3c(C)c4c(c(C)c3F)C(=C)C(C(=C)O)=CN4c3cc(N)c(F)cc3CC)C2)C1. The van der Waals surface area contributed by atoms with E-state index in [-0.39, 0.29) is 17.3 Å². The fraction of sp³-hybridized carbons (Fsp3) is 0.353. The van der Waals surface area contributed by atoms with Crippen LogP contribution in [0.4, 0.5) is 31.5 Å². The van der Waals surface area contributed by atoms with Crippen LogP contribution in [0.2, 0.25) is 0 Å². The van der Waals surface area contributed by atoms with E-state index in [9.17, 15) is 9.50 Å². The van der Waals surface area contributed by atoms with Crippen molar-refractivity contribution < 1.29 is 13.9 Å². The molecule has 1 fully saturated rings. The summed E-state index contributed by atoms with van der Waals surface area (Å²) in [7, 11) is 2.13. The topological polar surface area (TPSA) is 56.0 Å². The van der Waals surface area contributed by atoms with Crippen molar-refractivity contribution >= 4 is 28.3 Å². The molecule has 1 aliphatic carbocycles. The second kappa shape index (κ2) is 10.5. The summed E-state index contributed by atoms with van der Waals surface area (Å²) in [5.74, 6) is -0.960. The van der Waals surface area contributed by atoms with Crippen molar-refractivity contribution in [2.24, 2.45) is 0 Å². The van der Waals surface area contributed by atoms with Gasteiger partial charge in [0.15, 0.2) is 0 Å². The largest absolute Gasteiger partial charge is 0.508 e. The normalized spacial score (nSPS) is 17.4. The van der Waals surface area contributed by atoms with Crippen LogP contribution >= 0.6 is 0 Å². The maximum absolute atomic E-state index is 16.3. The number of nitrogen functional groups attached to an aromatic ring is 1. The fourth-order valence-electron chi connectivity index (χ4n) is 6.50. The van der Waals surface area contributed by atoms with Gasteiger partial charge in [0.2, 0.25) is 0 Å². The van der Waals surface area contributed by atoms with Crippen LogP contribution in [-0.4, -0.2) is 42.7 Å². The molecule has 0 unspecified atom stereocenters. The third kappa shape index (κ3) is 4.76. The highest BCUT2D eigenvalue weighted by Crippen LogP contribution is 2.50. The molecule has 7 heteroatoms. The lowest BCUT2D eigenvalue weighted by molar-refractivity contribution is 0.218. The number of hydrogen-bond acceptors (Lipinski definition) is 5. The number of aliphatic hydroxyl groups excluding tert-OH is 1. The van der Waals surface area contributed by atoms with Crippen LogP contribution in [0.5, 0.6) is 0 Å². The van der Waals surface area contributed by atoms with E-state index in [1.807, 2.05) is 18.7 Å². The molecule has 5 rings (SSSR count). The Bertz CT molecular complexity index is 1560. The quantitative estimate of drug-likeness (QED) is 0.208. The molecule has 0 spiro atoms. The summed E-state index contributed by atoms with van der Waals surface area (Å²) >= 11 is 0. The van der Waals surface area contributed by atoms with Crippen molar-refractivity contribution in [3.63, 3.8) is 0 Å². The molecule has 0 radical (unpaired) electrons. The number of aliphatic hydroxyl groups is 1. The number of likely N-dealkylation sites (N-methyl/N-ethyl adjacent to an activating group) is 1. The third-order valence-electron chi connectivity index (χ3n) is 8.96. The Morgan fingerprint density at radius 3 is 2.37 bits per heavy atom. The highest BCUT2D eigenvalue weighted by atomic mass is 19.1. The van der Waals surface area contributed by atoms with Crippen LogP contribution in [0.1, 0.15) is 48.9 Å². The van der Waals surface area contributed by atoms with Gasteiger partial charge in [-0.25, -0.2) is 8.78 Å². The summed E-state index contributed by atoms with van der Waals surface area (Å²) in [5, 5.41) is 10.4. The van der Waals surface area contributed by atoms with E-state index >= 15 is 4.39 Å². The number of anilines is 4. The molecule has 2 aromatic carbocycles. The van der Waals surface area contributed by atoms with Crippen molar-refractivity contribution in [3.05, 3.63) is 100 Å². The van der Waals surface area contributed by atoms with Gasteiger partial charge in [0.1, 0.15) is 17.4 Å². The van der Waals surface area contributed by atoms with Gasteiger partial charge in [0.05, 0.1) is 22.7 Å². The van der Waals surface area contributed by atoms with E-state index in [2.05, 4.69) is 43.5 Å². The van der Waals surface area contributed by atoms with Gasteiger partial charge < -0.3 is 20.6 Å². The molecule has 41 heavy (non-hydrogen) atoms. The van der Waals surface area contributed by atoms with Crippen molar-refractivity contribution in [1.29, 1.82) is 0 Å². The second-order valence-electron chi connectivity index (χ2n) is 11.8. The van der Waals surface area contributed by atoms with Gasteiger partial charge in [-0.05, 0) is 75.9 Å². The fourth-order valence-corrected chi connectivity index (χ4v) is 6.50. The zero-order valence-corrected chi connectivity index (χ0v) is 24.8. The Kier molecular flexibility index (Phi) is 7.36. The predicted octanol–water partition coefficient (Wildman–Crippen LogP) is 7.63. The molecule has 2 aromatic rings. The smallest absolute Gasteiger partial charge is 0.150 e. The first-order chi connectivity index (χ1) is 19.3. The van der Waals surface area contributed by atoms with Crippen molar-refractivity contribution in [2.45, 2.75) is 53.0 Å². The number of nitrogens with two attached hydrogens (primary N) is 1. The Labute approximate surface area is 242 Å². The summed E-state index contributed by atoms with van der Waals surface area (Å²) in [5.41, 5.74) is 15.5. The molecule has 1 saturated heterocycles. The lowest BCUT2D eigenvalue weighted by Crippen LogP contribution is -2.59. The zero-order chi connectivity index (χ0) is 29.9. The molecule has 2 heterocycles. The minimum Gasteiger partial charge on any atom is -0.508 e. The summed E-state index contributed by atoms with van der Waals surface area (Å²) in [6, 6.07) is 3.34. The Balaban J connectivity index is 1.56. The molecule has 216 valence electrons. The molecular formula is C34H40F2N4O. The number of fused-ring (bicyclic) bond motifs is 1. The highest BCUT2D eigenvalue weighted by molar-refractivity contribution is 5.98. The summed E-state index contributed by atoms with van der Waals surface area (Å²) in [6.07, 6.45) is 4.25. The first kappa shape index (κ1) is 28.7. The first-order valence-corrected chi connectivity index (χ1v) is 14.1. The molecular weight excluding hydrogens is 518 g/mol. The minimum atomic E-state index is -0.487. The van der Waals surface area contributed by atoms with E-state index in [1.165, 1.54) is 22.8 Å². The van der Waals surface area contributed by atoms with E-state index in [4.69, 9.17) is 5.73 Å². The second-order valence-corrected chi connectivity index (χ2v) is 11.8. The van der Waals surface area contributed by atoms with E-state index in [0.717, 1.165) is 36.2 Å². The molecule has 0 bridgehead atoms. The van der Waals surface area contributed by atoms with Crippen molar-refractivity contribution in [2.75, 3.05) is 42.2 Å². The average molecular weight is 559 g/mol. The Hall–Kier alpha value is -3.84. The number of allylic oxidation sites excluding steroid dienone is 3. The van der Waals surface area contributed by atoms with Gasteiger partial charge in [-0.2, -0.15) is 0 Å².